The third-order valence-electron chi connectivity index (χ3n) is 2.97. The average Bonchev–Trinajstić information content (AvgIpc) is 2.78. The first kappa shape index (κ1) is 12.9. The van der Waals surface area contributed by atoms with Crippen LogP contribution in [-0.4, -0.2) is 20.1 Å². The molecule has 0 atom stereocenters. The molecular formula is C12H8F2N4OS. The van der Waals surface area contributed by atoms with Gasteiger partial charge in [0.05, 0.1) is 5.56 Å². The zero-order chi connectivity index (χ0) is 14.3. The number of nitriles is 1. The number of nitrogens with zero attached hydrogens (tertiary/aromatic N) is 4. The molecule has 0 aliphatic carbocycles. The largest absolute Gasteiger partial charge is 0.351 e. The summed E-state index contributed by atoms with van der Waals surface area (Å²) >= 11 is 1.40. The Morgan fingerprint density at radius 1 is 1.35 bits per heavy atom. The zero-order valence-electron chi connectivity index (χ0n) is 10.1. The first-order valence-corrected chi connectivity index (χ1v) is 6.82. The summed E-state index contributed by atoms with van der Waals surface area (Å²) in [6.07, 6.45) is 0.827. The Hall–Kier alpha value is -2.14. The van der Waals surface area contributed by atoms with Crippen LogP contribution in [0.4, 0.5) is 8.78 Å². The lowest BCUT2D eigenvalue weighted by atomic mass is 10.2. The molecule has 5 nitrogen and oxygen atoms in total. The van der Waals surface area contributed by atoms with E-state index in [1.807, 2.05) is 0 Å². The maximum atomic E-state index is 13.9. The normalized spacial score (nSPS) is 13.8. The Bertz CT molecular complexity index is 790. The number of hydrogen-bond acceptors (Lipinski definition) is 4. The van der Waals surface area contributed by atoms with Gasteiger partial charge in [-0.3, -0.25) is 4.57 Å². The Balaban J connectivity index is 2.20. The lowest BCUT2D eigenvalue weighted by molar-refractivity contribution is 0.577. The van der Waals surface area contributed by atoms with Crippen LogP contribution in [0.15, 0.2) is 22.1 Å². The summed E-state index contributed by atoms with van der Waals surface area (Å²) in [6, 6.07) is 3.13. The molecule has 2 aromatic rings. The minimum Gasteiger partial charge on any atom is -0.270 e. The van der Waals surface area contributed by atoms with E-state index in [1.54, 1.807) is 6.07 Å². The maximum Gasteiger partial charge on any atom is 0.351 e. The quantitative estimate of drug-likeness (QED) is 0.802. The number of benzene rings is 1. The van der Waals surface area contributed by atoms with Crippen molar-refractivity contribution in [2.75, 3.05) is 5.75 Å². The Morgan fingerprint density at radius 2 is 2.15 bits per heavy atom. The van der Waals surface area contributed by atoms with Crippen LogP contribution in [0.5, 0.6) is 0 Å². The molecule has 2 heterocycles. The van der Waals surface area contributed by atoms with E-state index in [0.29, 0.717) is 11.7 Å². The van der Waals surface area contributed by atoms with Gasteiger partial charge in [-0.15, -0.1) is 5.10 Å². The van der Waals surface area contributed by atoms with E-state index >= 15 is 0 Å². The number of rotatable bonds is 1. The number of halogens is 2. The Kier molecular flexibility index (Phi) is 3.06. The van der Waals surface area contributed by atoms with E-state index in [9.17, 15) is 13.6 Å². The predicted molar refractivity (Wildman–Crippen MR) is 67.8 cm³/mol. The van der Waals surface area contributed by atoms with Gasteiger partial charge in [-0.2, -0.15) is 9.94 Å². The van der Waals surface area contributed by atoms with Crippen molar-refractivity contribution < 1.29 is 8.78 Å². The molecule has 1 aliphatic rings. The summed E-state index contributed by atoms with van der Waals surface area (Å²) < 4.78 is 29.8. The van der Waals surface area contributed by atoms with Crippen LogP contribution in [0.3, 0.4) is 0 Å². The second-order valence-electron chi connectivity index (χ2n) is 4.23. The fraction of sp³-hybridized carbons (Fsp3) is 0.250. The molecule has 1 aromatic carbocycles. The third-order valence-corrected chi connectivity index (χ3v) is 4.02. The molecular weight excluding hydrogens is 286 g/mol. The molecule has 0 N–H and O–H groups in total. The predicted octanol–water partition coefficient (Wildman–Crippen LogP) is 1.68. The summed E-state index contributed by atoms with van der Waals surface area (Å²) in [6.45, 7) is 0.515. The maximum absolute atomic E-state index is 13.9. The van der Waals surface area contributed by atoms with Gasteiger partial charge in [0.1, 0.15) is 17.6 Å². The number of thioether (sulfide) groups is 1. The average molecular weight is 294 g/mol. The van der Waals surface area contributed by atoms with Crippen molar-refractivity contribution in [2.45, 2.75) is 18.1 Å². The van der Waals surface area contributed by atoms with Crippen LogP contribution in [0.2, 0.25) is 0 Å². The molecule has 0 amide bonds. The van der Waals surface area contributed by atoms with Crippen LogP contribution >= 0.6 is 11.8 Å². The second-order valence-corrected chi connectivity index (χ2v) is 5.29. The highest BCUT2D eigenvalue weighted by atomic mass is 32.2. The van der Waals surface area contributed by atoms with Gasteiger partial charge in [-0.05, 0) is 12.5 Å². The highest BCUT2D eigenvalue weighted by Gasteiger charge is 2.21. The van der Waals surface area contributed by atoms with Crippen molar-refractivity contribution in [1.82, 2.24) is 14.3 Å². The van der Waals surface area contributed by atoms with Crippen molar-refractivity contribution in [3.05, 3.63) is 39.8 Å². The van der Waals surface area contributed by atoms with Crippen LogP contribution < -0.4 is 5.69 Å². The van der Waals surface area contributed by atoms with E-state index in [4.69, 9.17) is 5.26 Å². The van der Waals surface area contributed by atoms with Crippen molar-refractivity contribution in [1.29, 1.82) is 5.26 Å². The third kappa shape index (κ3) is 1.91. The first-order chi connectivity index (χ1) is 9.61. The van der Waals surface area contributed by atoms with Crippen molar-refractivity contribution >= 4 is 11.8 Å². The van der Waals surface area contributed by atoms with Crippen LogP contribution in [-0.2, 0) is 6.54 Å². The van der Waals surface area contributed by atoms with Gasteiger partial charge in [0.25, 0.3) is 0 Å². The molecule has 3 rings (SSSR count). The van der Waals surface area contributed by atoms with Gasteiger partial charge in [0.15, 0.2) is 11.0 Å². The monoisotopic (exact) mass is 294 g/mol. The molecule has 0 spiro atoms. The lowest BCUT2D eigenvalue weighted by Gasteiger charge is -2.09. The summed E-state index contributed by atoms with van der Waals surface area (Å²) in [5.74, 6) is -0.902. The highest BCUT2D eigenvalue weighted by molar-refractivity contribution is 7.99. The standard InChI is InChI=1S/C12H8F2N4OS/c13-8-5-10(9(14)4-7(8)6-15)18-12(19)17-2-1-3-20-11(17)16-18/h4-5H,1-3H2. The van der Waals surface area contributed by atoms with Gasteiger partial charge in [-0.1, -0.05) is 11.8 Å². The fourth-order valence-electron chi connectivity index (χ4n) is 2.00. The summed E-state index contributed by atoms with van der Waals surface area (Å²) in [5, 5.41) is 13.2. The molecule has 8 heteroatoms. The molecule has 1 aliphatic heterocycles. The molecule has 0 radical (unpaired) electrons. The minimum absolute atomic E-state index is 0.283. The molecule has 0 bridgehead atoms. The molecule has 1 aromatic heterocycles. The lowest BCUT2D eigenvalue weighted by Crippen LogP contribution is -2.26. The Morgan fingerprint density at radius 3 is 2.85 bits per heavy atom. The van der Waals surface area contributed by atoms with Crippen LogP contribution in [0.1, 0.15) is 12.0 Å². The van der Waals surface area contributed by atoms with Gasteiger partial charge in [0.2, 0.25) is 0 Å². The summed E-state index contributed by atoms with van der Waals surface area (Å²) in [7, 11) is 0. The number of fused-ring (bicyclic) bond motifs is 1. The molecule has 20 heavy (non-hydrogen) atoms. The van der Waals surface area contributed by atoms with Crippen molar-refractivity contribution in [2.24, 2.45) is 0 Å². The summed E-state index contributed by atoms with van der Waals surface area (Å²) in [4.78, 5) is 12.1. The zero-order valence-corrected chi connectivity index (χ0v) is 11.0. The van der Waals surface area contributed by atoms with Crippen molar-refractivity contribution in [3.8, 4) is 11.8 Å². The first-order valence-electron chi connectivity index (χ1n) is 5.84. The van der Waals surface area contributed by atoms with E-state index in [2.05, 4.69) is 5.10 Å². The number of hydrogen-bond donors (Lipinski definition) is 0. The molecule has 102 valence electrons. The topological polar surface area (TPSA) is 63.6 Å². The van der Waals surface area contributed by atoms with E-state index in [0.717, 1.165) is 29.0 Å². The summed E-state index contributed by atoms with van der Waals surface area (Å²) in [5.41, 5.74) is -1.19. The van der Waals surface area contributed by atoms with E-state index in [1.165, 1.54) is 16.3 Å². The van der Waals surface area contributed by atoms with Crippen molar-refractivity contribution in [3.63, 3.8) is 0 Å². The molecule has 0 fully saturated rings. The minimum atomic E-state index is -0.880. The van der Waals surface area contributed by atoms with Gasteiger partial charge >= 0.3 is 5.69 Å². The van der Waals surface area contributed by atoms with Gasteiger partial charge in [0, 0.05) is 18.4 Å². The van der Waals surface area contributed by atoms with E-state index < -0.39 is 22.9 Å². The highest BCUT2D eigenvalue weighted by Crippen LogP contribution is 2.23. The molecule has 0 saturated carbocycles. The van der Waals surface area contributed by atoms with Gasteiger partial charge < -0.3 is 0 Å². The number of aromatic nitrogens is 3. The molecule has 0 unspecified atom stereocenters. The smallest absolute Gasteiger partial charge is 0.270 e. The fourth-order valence-corrected chi connectivity index (χ4v) is 2.92. The Labute approximate surface area is 116 Å². The van der Waals surface area contributed by atoms with Crippen LogP contribution in [0.25, 0.3) is 5.69 Å². The second kappa shape index (κ2) is 4.76. The van der Waals surface area contributed by atoms with E-state index in [-0.39, 0.29) is 5.69 Å². The van der Waals surface area contributed by atoms with Gasteiger partial charge in [-0.25, -0.2) is 13.6 Å². The SMILES string of the molecule is N#Cc1cc(F)c(-n2nc3n(c2=O)CCCS3)cc1F. The van der Waals surface area contributed by atoms with Crippen LogP contribution in [0, 0.1) is 23.0 Å². The molecule has 0 saturated heterocycles.